The van der Waals surface area contributed by atoms with Crippen molar-refractivity contribution in [2.45, 2.75) is 64.4 Å². The SMILES string of the molecule is CN1CCN(C)c2ncc(S(=O)(=O)N3CCC4(CC3)C[C@@H](N(C[C@H](O)COc3cccc(S(=O)(=O)C5(CO)CC5)c3)C(=O)O)CO4)cc21. The largest absolute Gasteiger partial charge is 0.491 e. The van der Waals surface area contributed by atoms with Crippen LogP contribution in [0, 0.1) is 0 Å². The van der Waals surface area contributed by atoms with E-state index in [4.69, 9.17) is 9.47 Å². The van der Waals surface area contributed by atoms with Gasteiger partial charge in [0, 0.05) is 46.5 Å². The van der Waals surface area contributed by atoms with E-state index in [-0.39, 0.29) is 48.4 Å². The molecule has 48 heavy (non-hydrogen) atoms. The van der Waals surface area contributed by atoms with Gasteiger partial charge in [0.2, 0.25) is 10.0 Å². The van der Waals surface area contributed by atoms with Crippen molar-refractivity contribution in [3.8, 4) is 5.75 Å². The van der Waals surface area contributed by atoms with Gasteiger partial charge in [0.15, 0.2) is 15.7 Å². The number of carbonyl (C=O) groups is 1. The monoisotopic (exact) mass is 709 g/mol. The number of amides is 1. The summed E-state index contributed by atoms with van der Waals surface area (Å²) in [5.41, 5.74) is 0.0649. The van der Waals surface area contributed by atoms with Crippen molar-refractivity contribution in [3.05, 3.63) is 36.5 Å². The number of aliphatic hydroxyl groups excluding tert-OH is 2. The highest BCUT2D eigenvalue weighted by atomic mass is 32.2. The van der Waals surface area contributed by atoms with E-state index in [0.717, 1.165) is 29.5 Å². The minimum atomic E-state index is -3.81. The standard InChI is InChI=1S/C31H43N5O10S2/c1-33-12-13-34(2)28-27(33)15-26(17-32-28)48(43,44)35-10-8-30(9-11-35)16-22(19-46-30)36(29(39)40)18-23(38)20-45-24-4-3-5-25(14-24)47(41,42)31(21-37)6-7-31/h3-5,14-15,17,22-23,37-38H,6-13,16,18-21H2,1-2H3,(H,39,40)/t22-,23+/m1/s1. The molecule has 1 spiro atoms. The zero-order valence-corrected chi connectivity index (χ0v) is 28.7. The number of rotatable bonds is 11. The summed E-state index contributed by atoms with van der Waals surface area (Å²) in [5, 5.41) is 30.3. The summed E-state index contributed by atoms with van der Waals surface area (Å²) >= 11 is 0. The van der Waals surface area contributed by atoms with Gasteiger partial charge in [-0.3, -0.25) is 0 Å². The zero-order valence-electron chi connectivity index (χ0n) is 27.1. The van der Waals surface area contributed by atoms with E-state index in [9.17, 15) is 36.9 Å². The van der Waals surface area contributed by atoms with Crippen LogP contribution in [-0.2, 0) is 24.6 Å². The number of pyridine rings is 1. The molecule has 3 fully saturated rings. The van der Waals surface area contributed by atoms with Crippen molar-refractivity contribution in [3.63, 3.8) is 0 Å². The molecular weight excluding hydrogens is 667 g/mol. The zero-order chi connectivity index (χ0) is 34.5. The van der Waals surface area contributed by atoms with Crippen LogP contribution < -0.4 is 14.5 Å². The normalized spacial score (nSPS) is 22.7. The molecule has 4 heterocycles. The molecule has 1 aromatic carbocycles. The molecule has 1 aromatic heterocycles. The maximum Gasteiger partial charge on any atom is 0.407 e. The molecule has 1 saturated carbocycles. The number of aliphatic hydroxyl groups is 2. The van der Waals surface area contributed by atoms with Crippen LogP contribution in [0.5, 0.6) is 5.75 Å². The Morgan fingerprint density at radius 2 is 1.77 bits per heavy atom. The Morgan fingerprint density at radius 3 is 2.44 bits per heavy atom. The fourth-order valence-corrected chi connectivity index (χ4v) is 10.1. The summed E-state index contributed by atoms with van der Waals surface area (Å²) < 4.78 is 65.1. The number of carboxylic acid groups (broad SMARTS) is 1. The van der Waals surface area contributed by atoms with Gasteiger partial charge in [0.25, 0.3) is 0 Å². The molecule has 17 heteroatoms. The smallest absolute Gasteiger partial charge is 0.407 e. The van der Waals surface area contributed by atoms with Crippen molar-refractivity contribution in [1.82, 2.24) is 14.2 Å². The van der Waals surface area contributed by atoms with E-state index < -0.39 is 55.1 Å². The second kappa shape index (κ2) is 12.9. The summed E-state index contributed by atoms with van der Waals surface area (Å²) in [6, 6.07) is 6.93. The number of anilines is 2. The topological polar surface area (TPSA) is 190 Å². The molecular formula is C31H43N5O10S2. The van der Waals surface area contributed by atoms with Crippen LogP contribution in [0.1, 0.15) is 32.1 Å². The number of benzene rings is 1. The number of sulfone groups is 1. The lowest BCUT2D eigenvalue weighted by Gasteiger charge is -2.38. The summed E-state index contributed by atoms with van der Waals surface area (Å²) in [6.45, 7) is 1.06. The third-order valence-corrected chi connectivity index (χ3v) is 14.6. The summed E-state index contributed by atoms with van der Waals surface area (Å²) in [6.07, 6.45) is 0.836. The van der Waals surface area contributed by atoms with Crippen molar-refractivity contribution in [2.24, 2.45) is 0 Å². The van der Waals surface area contributed by atoms with Gasteiger partial charge in [-0.2, -0.15) is 4.31 Å². The van der Waals surface area contributed by atoms with Gasteiger partial charge in [-0.05, 0) is 56.4 Å². The van der Waals surface area contributed by atoms with Gasteiger partial charge < -0.3 is 39.5 Å². The molecule has 3 aliphatic heterocycles. The number of hydrogen-bond donors (Lipinski definition) is 3. The molecule has 3 N–H and O–H groups in total. The number of aromatic nitrogens is 1. The van der Waals surface area contributed by atoms with E-state index >= 15 is 0 Å². The Kier molecular flexibility index (Phi) is 9.32. The number of hydrogen-bond acceptors (Lipinski definition) is 12. The lowest BCUT2D eigenvalue weighted by molar-refractivity contribution is -0.0319. The minimum Gasteiger partial charge on any atom is -0.491 e. The van der Waals surface area contributed by atoms with Gasteiger partial charge >= 0.3 is 6.09 Å². The lowest BCUT2D eigenvalue weighted by atomic mass is 9.88. The summed E-state index contributed by atoms with van der Waals surface area (Å²) in [4.78, 5) is 22.0. The van der Waals surface area contributed by atoms with E-state index in [1.165, 1.54) is 28.7 Å². The van der Waals surface area contributed by atoms with Crippen LogP contribution in [0.25, 0.3) is 0 Å². The van der Waals surface area contributed by atoms with Crippen molar-refractivity contribution in [2.75, 3.05) is 76.4 Å². The van der Waals surface area contributed by atoms with Gasteiger partial charge in [-0.1, -0.05) is 6.07 Å². The highest BCUT2D eigenvalue weighted by Gasteiger charge is 2.54. The third kappa shape index (κ3) is 6.43. The van der Waals surface area contributed by atoms with Gasteiger partial charge in [0.05, 0.1) is 46.7 Å². The first-order chi connectivity index (χ1) is 22.7. The van der Waals surface area contributed by atoms with Gasteiger partial charge in [-0.25, -0.2) is 26.6 Å². The van der Waals surface area contributed by atoms with Crippen LogP contribution >= 0.6 is 0 Å². The third-order valence-electron chi connectivity index (χ3n) is 10.1. The molecule has 6 rings (SSSR count). The Labute approximate surface area is 280 Å². The number of nitrogens with zero attached hydrogens (tertiary/aromatic N) is 5. The van der Waals surface area contributed by atoms with Crippen molar-refractivity contribution in [1.29, 1.82) is 0 Å². The molecule has 264 valence electrons. The molecule has 2 aromatic rings. The first-order valence-corrected chi connectivity index (χ1v) is 19.0. The summed E-state index contributed by atoms with van der Waals surface area (Å²) in [5.74, 6) is 0.928. The fourth-order valence-electron chi connectivity index (χ4n) is 6.81. The maximum absolute atomic E-state index is 13.6. The lowest BCUT2D eigenvalue weighted by Crippen LogP contribution is -2.48. The number of ether oxygens (including phenoxy) is 2. The molecule has 0 unspecified atom stereocenters. The first kappa shape index (κ1) is 34.6. The average molecular weight is 710 g/mol. The Bertz CT molecular complexity index is 1750. The van der Waals surface area contributed by atoms with Crippen LogP contribution in [0.2, 0.25) is 0 Å². The number of sulfonamides is 1. The molecule has 1 aliphatic carbocycles. The highest BCUT2D eigenvalue weighted by molar-refractivity contribution is 7.93. The first-order valence-electron chi connectivity index (χ1n) is 16.0. The van der Waals surface area contributed by atoms with E-state index in [2.05, 4.69) is 4.98 Å². The second-order valence-electron chi connectivity index (χ2n) is 13.3. The number of likely N-dealkylation sites (N-methyl/N-ethyl adjacent to an activating group) is 2. The number of fused-ring (bicyclic) bond motifs is 1. The minimum absolute atomic E-state index is 0.0141. The van der Waals surface area contributed by atoms with E-state index in [1.807, 2.05) is 23.9 Å². The quantitative estimate of drug-likeness (QED) is 0.300. The van der Waals surface area contributed by atoms with E-state index in [0.29, 0.717) is 32.1 Å². The van der Waals surface area contributed by atoms with Gasteiger partial charge in [0.1, 0.15) is 23.4 Å². The highest BCUT2D eigenvalue weighted by Crippen LogP contribution is 2.46. The van der Waals surface area contributed by atoms with Crippen LogP contribution in [0.4, 0.5) is 16.3 Å². The molecule has 4 aliphatic rings. The van der Waals surface area contributed by atoms with Crippen LogP contribution in [0.3, 0.4) is 0 Å². The van der Waals surface area contributed by atoms with Crippen molar-refractivity contribution >= 4 is 37.5 Å². The Hall–Kier alpha value is -3.22. The van der Waals surface area contributed by atoms with Crippen molar-refractivity contribution < 1.29 is 46.4 Å². The second-order valence-corrected chi connectivity index (χ2v) is 17.6. The molecule has 15 nitrogen and oxygen atoms in total. The average Bonchev–Trinajstić information content (AvgIpc) is 3.80. The fraction of sp³-hybridized carbons (Fsp3) is 0.613. The molecule has 2 saturated heterocycles. The molecule has 1 amide bonds. The summed E-state index contributed by atoms with van der Waals surface area (Å²) in [7, 11) is -3.74. The molecule has 0 radical (unpaired) electrons. The predicted molar refractivity (Wildman–Crippen MR) is 175 cm³/mol. The van der Waals surface area contributed by atoms with Crippen LogP contribution in [-0.4, -0.2) is 142 Å². The number of piperidine rings is 1. The molecule has 2 atom stereocenters. The predicted octanol–water partition coefficient (Wildman–Crippen LogP) is 0.998. The van der Waals surface area contributed by atoms with Gasteiger partial charge in [-0.15, -0.1) is 0 Å². The Balaban J connectivity index is 1.04. The maximum atomic E-state index is 13.6. The molecule has 0 bridgehead atoms. The van der Waals surface area contributed by atoms with Crippen LogP contribution in [0.15, 0.2) is 46.3 Å². The van der Waals surface area contributed by atoms with E-state index in [1.54, 1.807) is 12.1 Å². The Morgan fingerprint density at radius 1 is 1.06 bits per heavy atom.